The fourth-order valence-electron chi connectivity index (χ4n) is 2.21. The maximum atomic E-state index is 12.0. The Bertz CT molecular complexity index is 552. The lowest BCUT2D eigenvalue weighted by atomic mass is 10.1. The van der Waals surface area contributed by atoms with Gasteiger partial charge in [0.1, 0.15) is 0 Å². The maximum Gasteiger partial charge on any atom is 0.335 e. The van der Waals surface area contributed by atoms with E-state index in [0.717, 1.165) is 17.5 Å². The number of allylic oxidation sites excluding steroid dienone is 1. The molecule has 1 aromatic carbocycles. The number of hydrogen-bond donors (Lipinski definition) is 2. The van der Waals surface area contributed by atoms with E-state index < -0.39 is 5.97 Å². The SMILES string of the molecule is C/C=C/CCNC(=O)N1Cc2ccc(C(=O)O)cc2C1. The highest BCUT2D eigenvalue weighted by molar-refractivity contribution is 5.88. The minimum Gasteiger partial charge on any atom is -0.478 e. The van der Waals surface area contributed by atoms with E-state index in [9.17, 15) is 9.59 Å². The normalized spacial score (nSPS) is 13.6. The molecule has 1 aliphatic heterocycles. The highest BCUT2D eigenvalue weighted by atomic mass is 16.4. The van der Waals surface area contributed by atoms with Crippen molar-refractivity contribution >= 4 is 12.0 Å². The minimum atomic E-state index is -0.943. The molecule has 2 amide bonds. The van der Waals surface area contributed by atoms with Crippen LogP contribution in [0, 0.1) is 0 Å². The van der Waals surface area contributed by atoms with Crippen molar-refractivity contribution in [1.29, 1.82) is 0 Å². The van der Waals surface area contributed by atoms with Gasteiger partial charge in [-0.3, -0.25) is 0 Å². The minimum absolute atomic E-state index is 0.109. The summed E-state index contributed by atoms with van der Waals surface area (Å²) < 4.78 is 0. The highest BCUT2D eigenvalue weighted by Crippen LogP contribution is 2.23. The van der Waals surface area contributed by atoms with Crippen LogP contribution < -0.4 is 5.32 Å². The van der Waals surface area contributed by atoms with Gasteiger partial charge in [-0.25, -0.2) is 9.59 Å². The molecule has 1 heterocycles. The fraction of sp³-hybridized carbons (Fsp3) is 0.333. The van der Waals surface area contributed by atoms with Crippen molar-refractivity contribution < 1.29 is 14.7 Å². The van der Waals surface area contributed by atoms with Crippen LogP contribution in [0.5, 0.6) is 0 Å². The van der Waals surface area contributed by atoms with E-state index in [1.165, 1.54) is 0 Å². The number of hydrogen-bond acceptors (Lipinski definition) is 2. The quantitative estimate of drug-likeness (QED) is 0.654. The Kier molecular flexibility index (Phi) is 4.40. The molecular weight excluding hydrogens is 256 g/mol. The van der Waals surface area contributed by atoms with Crippen molar-refractivity contribution in [3.63, 3.8) is 0 Å². The van der Waals surface area contributed by atoms with Crippen LogP contribution in [0.4, 0.5) is 4.79 Å². The van der Waals surface area contributed by atoms with Gasteiger partial charge in [0.2, 0.25) is 0 Å². The Morgan fingerprint density at radius 2 is 2.10 bits per heavy atom. The topological polar surface area (TPSA) is 69.6 Å². The first-order valence-corrected chi connectivity index (χ1v) is 6.61. The molecule has 0 atom stereocenters. The maximum absolute atomic E-state index is 12.0. The van der Waals surface area contributed by atoms with Gasteiger partial charge in [-0.1, -0.05) is 18.2 Å². The Balaban J connectivity index is 1.95. The van der Waals surface area contributed by atoms with Crippen molar-refractivity contribution in [3.8, 4) is 0 Å². The van der Waals surface area contributed by atoms with Crippen LogP contribution in [0.25, 0.3) is 0 Å². The van der Waals surface area contributed by atoms with Crippen LogP contribution >= 0.6 is 0 Å². The summed E-state index contributed by atoms with van der Waals surface area (Å²) in [5.41, 5.74) is 2.19. The van der Waals surface area contributed by atoms with Gasteiger partial charge in [-0.2, -0.15) is 0 Å². The van der Waals surface area contributed by atoms with E-state index in [1.807, 2.05) is 19.1 Å². The number of carbonyl (C=O) groups is 2. The van der Waals surface area contributed by atoms with E-state index >= 15 is 0 Å². The summed E-state index contributed by atoms with van der Waals surface area (Å²) in [6.07, 6.45) is 4.76. The summed E-state index contributed by atoms with van der Waals surface area (Å²) in [5.74, 6) is -0.943. The molecule has 0 spiro atoms. The molecule has 0 unspecified atom stereocenters. The van der Waals surface area contributed by atoms with Gasteiger partial charge in [-0.15, -0.1) is 0 Å². The summed E-state index contributed by atoms with van der Waals surface area (Å²) >= 11 is 0. The zero-order chi connectivity index (χ0) is 14.5. The van der Waals surface area contributed by atoms with Gasteiger partial charge < -0.3 is 15.3 Å². The Morgan fingerprint density at radius 1 is 1.35 bits per heavy atom. The van der Waals surface area contributed by atoms with Gasteiger partial charge in [0.05, 0.1) is 5.56 Å². The molecule has 1 aliphatic rings. The van der Waals surface area contributed by atoms with Crippen molar-refractivity contribution in [2.45, 2.75) is 26.4 Å². The molecule has 0 aliphatic carbocycles. The molecule has 0 saturated heterocycles. The molecule has 0 bridgehead atoms. The summed E-state index contributed by atoms with van der Waals surface area (Å²) in [4.78, 5) is 24.6. The van der Waals surface area contributed by atoms with Crippen LogP contribution in [0.1, 0.15) is 34.8 Å². The molecule has 2 rings (SSSR count). The zero-order valence-corrected chi connectivity index (χ0v) is 11.4. The molecule has 0 radical (unpaired) electrons. The van der Waals surface area contributed by atoms with Gasteiger partial charge >= 0.3 is 12.0 Å². The molecule has 0 aromatic heterocycles. The predicted molar refractivity (Wildman–Crippen MR) is 75.5 cm³/mol. The number of fused-ring (bicyclic) bond motifs is 1. The third-order valence-corrected chi connectivity index (χ3v) is 3.29. The molecule has 2 N–H and O–H groups in total. The first-order valence-electron chi connectivity index (χ1n) is 6.61. The molecule has 20 heavy (non-hydrogen) atoms. The average Bonchev–Trinajstić information content (AvgIpc) is 2.86. The van der Waals surface area contributed by atoms with Crippen molar-refractivity contribution in [3.05, 3.63) is 47.0 Å². The van der Waals surface area contributed by atoms with Crippen molar-refractivity contribution in [1.82, 2.24) is 10.2 Å². The Hall–Kier alpha value is -2.30. The van der Waals surface area contributed by atoms with E-state index in [4.69, 9.17) is 5.11 Å². The van der Waals surface area contributed by atoms with E-state index in [-0.39, 0.29) is 11.6 Å². The predicted octanol–water partition coefficient (Wildman–Crippen LogP) is 2.38. The fourth-order valence-corrected chi connectivity index (χ4v) is 2.21. The lowest BCUT2D eigenvalue weighted by molar-refractivity contribution is 0.0696. The molecule has 106 valence electrons. The standard InChI is InChI=1S/C15H18N2O3/c1-2-3-4-7-16-15(20)17-9-12-6-5-11(14(18)19)8-13(12)10-17/h2-3,5-6,8H,4,7,9-10H2,1H3,(H,16,20)(H,18,19)/b3-2+. The van der Waals surface area contributed by atoms with E-state index in [0.29, 0.717) is 19.6 Å². The molecule has 5 nitrogen and oxygen atoms in total. The monoisotopic (exact) mass is 274 g/mol. The third-order valence-electron chi connectivity index (χ3n) is 3.29. The number of rotatable bonds is 4. The Morgan fingerprint density at radius 3 is 2.80 bits per heavy atom. The van der Waals surface area contributed by atoms with E-state index in [1.54, 1.807) is 23.1 Å². The average molecular weight is 274 g/mol. The summed E-state index contributed by atoms with van der Waals surface area (Å²) in [6.45, 7) is 3.55. The van der Waals surface area contributed by atoms with Gasteiger partial charge in [-0.05, 0) is 36.6 Å². The van der Waals surface area contributed by atoms with Crippen LogP contribution in [0.15, 0.2) is 30.4 Å². The summed E-state index contributed by atoms with van der Waals surface area (Å²) in [6, 6.07) is 4.90. The number of nitrogens with zero attached hydrogens (tertiary/aromatic N) is 1. The molecule has 1 aromatic rings. The highest BCUT2D eigenvalue weighted by Gasteiger charge is 2.23. The smallest absolute Gasteiger partial charge is 0.335 e. The molecule has 5 heteroatoms. The number of carboxylic acids is 1. The van der Waals surface area contributed by atoms with Gasteiger partial charge in [0.25, 0.3) is 0 Å². The van der Waals surface area contributed by atoms with Crippen molar-refractivity contribution in [2.24, 2.45) is 0 Å². The zero-order valence-electron chi connectivity index (χ0n) is 11.4. The summed E-state index contributed by atoms with van der Waals surface area (Å²) in [5, 5.41) is 11.8. The second-order valence-electron chi connectivity index (χ2n) is 4.73. The lowest BCUT2D eigenvalue weighted by Crippen LogP contribution is -2.36. The van der Waals surface area contributed by atoms with E-state index in [2.05, 4.69) is 5.32 Å². The lowest BCUT2D eigenvalue weighted by Gasteiger charge is -2.15. The van der Waals surface area contributed by atoms with Crippen molar-refractivity contribution in [2.75, 3.05) is 6.54 Å². The van der Waals surface area contributed by atoms with Crippen LogP contribution in [-0.4, -0.2) is 28.6 Å². The Labute approximate surface area is 117 Å². The first-order chi connectivity index (χ1) is 9.61. The van der Waals surface area contributed by atoms with Crippen LogP contribution in [0.2, 0.25) is 0 Å². The number of amides is 2. The number of urea groups is 1. The number of nitrogens with one attached hydrogen (secondary N) is 1. The second-order valence-corrected chi connectivity index (χ2v) is 4.73. The third kappa shape index (κ3) is 3.17. The first kappa shape index (κ1) is 14.1. The number of carbonyl (C=O) groups excluding carboxylic acids is 1. The van der Waals surface area contributed by atoms with Crippen LogP contribution in [0.3, 0.4) is 0 Å². The van der Waals surface area contributed by atoms with Gasteiger partial charge in [0, 0.05) is 19.6 Å². The molecular formula is C15H18N2O3. The number of carboxylic acid groups (broad SMARTS) is 1. The number of aromatic carboxylic acids is 1. The van der Waals surface area contributed by atoms with Gasteiger partial charge in [0.15, 0.2) is 0 Å². The second kappa shape index (κ2) is 6.23. The summed E-state index contributed by atoms with van der Waals surface area (Å²) in [7, 11) is 0. The number of benzene rings is 1. The van der Waals surface area contributed by atoms with Crippen LogP contribution in [-0.2, 0) is 13.1 Å². The molecule has 0 fully saturated rings. The molecule has 0 saturated carbocycles. The largest absolute Gasteiger partial charge is 0.478 e.